The van der Waals surface area contributed by atoms with E-state index in [4.69, 9.17) is 11.6 Å². The summed E-state index contributed by atoms with van der Waals surface area (Å²) in [6.07, 6.45) is -1.39. The average Bonchev–Trinajstić information content (AvgIpc) is 2.80. The Balaban J connectivity index is 2.14. The van der Waals surface area contributed by atoms with Crippen LogP contribution in [-0.2, 0) is 6.18 Å². The van der Waals surface area contributed by atoms with E-state index in [1.807, 2.05) is 0 Å². The molecule has 0 spiro atoms. The van der Waals surface area contributed by atoms with Crippen LogP contribution in [0.4, 0.5) is 13.2 Å². The molecule has 0 aliphatic rings. The van der Waals surface area contributed by atoms with Crippen molar-refractivity contribution in [2.45, 2.75) is 6.18 Å². The molecule has 0 atom stereocenters. The molecule has 20 heavy (non-hydrogen) atoms. The van der Waals surface area contributed by atoms with E-state index in [0.717, 1.165) is 12.1 Å². The van der Waals surface area contributed by atoms with E-state index >= 15 is 0 Å². The first kappa shape index (κ1) is 13.0. The second-order valence-corrected chi connectivity index (χ2v) is 4.69. The van der Waals surface area contributed by atoms with E-state index in [-0.39, 0.29) is 5.65 Å². The Kier molecular flexibility index (Phi) is 2.94. The lowest BCUT2D eigenvalue weighted by Crippen LogP contribution is -2.05. The van der Waals surface area contributed by atoms with Gasteiger partial charge in [-0.05, 0) is 18.2 Å². The van der Waals surface area contributed by atoms with Crippen molar-refractivity contribution < 1.29 is 13.2 Å². The largest absolute Gasteiger partial charge is 0.416 e. The molecule has 0 saturated heterocycles. The lowest BCUT2D eigenvalue weighted by molar-refractivity contribution is -0.137. The van der Waals surface area contributed by atoms with Gasteiger partial charge < -0.3 is 4.40 Å². The van der Waals surface area contributed by atoms with Gasteiger partial charge >= 0.3 is 6.18 Å². The molecule has 2 heterocycles. The van der Waals surface area contributed by atoms with Gasteiger partial charge in [-0.2, -0.15) is 13.2 Å². The number of pyridine rings is 1. The van der Waals surface area contributed by atoms with Crippen LogP contribution in [-0.4, -0.2) is 9.38 Å². The monoisotopic (exact) mass is 296 g/mol. The molecule has 6 heteroatoms. The van der Waals surface area contributed by atoms with Crippen LogP contribution in [0.3, 0.4) is 0 Å². The topological polar surface area (TPSA) is 17.3 Å². The molecular weight excluding hydrogens is 289 g/mol. The van der Waals surface area contributed by atoms with E-state index in [0.29, 0.717) is 16.3 Å². The molecule has 0 fully saturated rings. The first-order valence-corrected chi connectivity index (χ1v) is 6.14. The highest BCUT2D eigenvalue weighted by molar-refractivity contribution is 6.33. The average molecular weight is 297 g/mol. The molecule has 2 nitrogen and oxygen atoms in total. The molecule has 0 aliphatic heterocycles. The third-order valence-electron chi connectivity index (χ3n) is 2.94. The van der Waals surface area contributed by atoms with Gasteiger partial charge in [0, 0.05) is 18.0 Å². The number of imidazole rings is 1. The van der Waals surface area contributed by atoms with Crippen molar-refractivity contribution in [1.29, 1.82) is 0 Å². The quantitative estimate of drug-likeness (QED) is 0.637. The van der Waals surface area contributed by atoms with Crippen molar-refractivity contribution in [1.82, 2.24) is 9.38 Å². The maximum absolute atomic E-state index is 12.7. The summed E-state index contributed by atoms with van der Waals surface area (Å²) in [5.41, 5.74) is 0.734. The Morgan fingerprint density at radius 1 is 1.10 bits per heavy atom. The Morgan fingerprint density at radius 3 is 2.55 bits per heavy atom. The molecular formula is C14H8ClF3N2. The fraction of sp³-hybridized carbons (Fsp3) is 0.0714. The third kappa shape index (κ3) is 2.25. The summed E-state index contributed by atoms with van der Waals surface area (Å²) in [6.45, 7) is 0. The van der Waals surface area contributed by atoms with Gasteiger partial charge in [-0.3, -0.25) is 0 Å². The van der Waals surface area contributed by atoms with Crippen molar-refractivity contribution in [2.24, 2.45) is 0 Å². The van der Waals surface area contributed by atoms with Crippen LogP contribution in [0.5, 0.6) is 0 Å². The molecule has 0 saturated carbocycles. The molecule has 0 radical (unpaired) electrons. The third-order valence-corrected chi connectivity index (χ3v) is 3.27. The van der Waals surface area contributed by atoms with Gasteiger partial charge in [0.2, 0.25) is 0 Å². The minimum atomic E-state index is -4.38. The summed E-state index contributed by atoms with van der Waals surface area (Å²) in [4.78, 5) is 4.20. The molecule has 102 valence electrons. The fourth-order valence-corrected chi connectivity index (χ4v) is 2.19. The number of hydrogen-bond acceptors (Lipinski definition) is 1. The minimum Gasteiger partial charge on any atom is -0.306 e. The lowest BCUT2D eigenvalue weighted by atomic mass is 10.2. The van der Waals surface area contributed by atoms with E-state index < -0.39 is 11.7 Å². The molecule has 3 rings (SSSR count). The summed E-state index contributed by atoms with van der Waals surface area (Å²) < 4.78 is 39.5. The number of hydrogen-bond donors (Lipinski definition) is 0. The van der Waals surface area contributed by atoms with Crippen LogP contribution < -0.4 is 0 Å². The Morgan fingerprint density at radius 2 is 1.85 bits per heavy atom. The number of halogens is 4. The van der Waals surface area contributed by atoms with E-state index in [2.05, 4.69) is 4.98 Å². The lowest BCUT2D eigenvalue weighted by Gasteiger charge is -2.05. The van der Waals surface area contributed by atoms with Crippen LogP contribution in [0.2, 0.25) is 5.02 Å². The number of rotatable bonds is 1. The zero-order valence-corrected chi connectivity index (χ0v) is 10.8. The predicted octanol–water partition coefficient (Wildman–Crippen LogP) is 4.67. The minimum absolute atomic E-state index is 0.231. The van der Waals surface area contributed by atoms with Gasteiger partial charge in [-0.25, -0.2) is 4.98 Å². The summed E-state index contributed by atoms with van der Waals surface area (Å²) in [5, 5.41) is 0.506. The van der Waals surface area contributed by atoms with Gasteiger partial charge in [-0.1, -0.05) is 29.8 Å². The molecule has 0 aliphatic carbocycles. The molecule has 3 aromatic rings. The molecule has 0 bridgehead atoms. The van der Waals surface area contributed by atoms with E-state index in [9.17, 15) is 13.2 Å². The van der Waals surface area contributed by atoms with Gasteiger partial charge in [0.1, 0.15) is 5.65 Å². The van der Waals surface area contributed by atoms with Crippen LogP contribution in [0.1, 0.15) is 5.56 Å². The van der Waals surface area contributed by atoms with Gasteiger partial charge in [0.15, 0.2) is 0 Å². The van der Waals surface area contributed by atoms with Crippen molar-refractivity contribution >= 4 is 17.2 Å². The zero-order chi connectivity index (χ0) is 14.3. The highest BCUT2D eigenvalue weighted by Crippen LogP contribution is 2.31. The first-order chi connectivity index (χ1) is 9.45. The number of aromatic nitrogens is 2. The number of fused-ring (bicyclic) bond motifs is 1. The summed E-state index contributed by atoms with van der Waals surface area (Å²) in [6, 6.07) is 9.10. The Bertz CT molecular complexity index is 777. The summed E-state index contributed by atoms with van der Waals surface area (Å²) in [5.74, 6) is 0. The molecule has 0 unspecified atom stereocenters. The van der Waals surface area contributed by atoms with Gasteiger partial charge in [0.25, 0.3) is 0 Å². The van der Waals surface area contributed by atoms with Gasteiger partial charge in [0.05, 0.1) is 16.3 Å². The van der Waals surface area contributed by atoms with Crippen LogP contribution in [0.25, 0.3) is 16.9 Å². The second-order valence-electron chi connectivity index (χ2n) is 4.28. The van der Waals surface area contributed by atoms with E-state index in [1.54, 1.807) is 30.5 Å². The van der Waals surface area contributed by atoms with Crippen molar-refractivity contribution in [2.75, 3.05) is 0 Å². The smallest absolute Gasteiger partial charge is 0.306 e. The first-order valence-electron chi connectivity index (χ1n) is 5.76. The van der Waals surface area contributed by atoms with Gasteiger partial charge in [-0.15, -0.1) is 0 Å². The van der Waals surface area contributed by atoms with Crippen LogP contribution in [0, 0.1) is 0 Å². The highest BCUT2D eigenvalue weighted by atomic mass is 35.5. The predicted molar refractivity (Wildman–Crippen MR) is 70.6 cm³/mol. The normalized spacial score (nSPS) is 12.0. The Hall–Kier alpha value is -2.01. The van der Waals surface area contributed by atoms with Crippen LogP contribution >= 0.6 is 11.6 Å². The molecule has 1 aromatic carbocycles. The number of benzene rings is 1. The molecule has 2 aromatic heterocycles. The second kappa shape index (κ2) is 4.52. The fourth-order valence-electron chi connectivity index (χ4n) is 1.96. The van der Waals surface area contributed by atoms with E-state index in [1.165, 1.54) is 10.6 Å². The molecule has 0 N–H and O–H groups in total. The van der Waals surface area contributed by atoms with Crippen molar-refractivity contribution in [3.63, 3.8) is 0 Å². The van der Waals surface area contributed by atoms with Crippen molar-refractivity contribution in [3.05, 3.63) is 59.4 Å². The molecule has 0 amide bonds. The zero-order valence-electron chi connectivity index (χ0n) is 10.0. The number of alkyl halides is 3. The summed E-state index contributed by atoms with van der Waals surface area (Å²) in [7, 11) is 0. The summed E-state index contributed by atoms with van der Waals surface area (Å²) >= 11 is 6.06. The Labute approximate surface area is 117 Å². The van der Waals surface area contributed by atoms with Crippen LogP contribution in [0.15, 0.2) is 48.8 Å². The van der Waals surface area contributed by atoms with Crippen molar-refractivity contribution in [3.8, 4) is 11.3 Å². The standard InChI is InChI=1S/C14H8ClF3N2/c15-11-4-2-1-3-10(11)12-8-20-6-5-9(14(16,17)18)7-13(20)19-12/h1-8H. The highest BCUT2D eigenvalue weighted by Gasteiger charge is 2.30. The maximum atomic E-state index is 12.7. The SMILES string of the molecule is FC(F)(F)c1ccn2cc(-c3ccccc3Cl)nc2c1. The number of nitrogens with zero attached hydrogens (tertiary/aromatic N) is 2. The maximum Gasteiger partial charge on any atom is 0.416 e.